The minimum atomic E-state index is -3.71. The molecule has 3 aromatic rings. The predicted molar refractivity (Wildman–Crippen MR) is 114 cm³/mol. The van der Waals surface area contributed by atoms with Gasteiger partial charge in [0.2, 0.25) is 15.9 Å². The summed E-state index contributed by atoms with van der Waals surface area (Å²) in [6.45, 7) is 2.56. The molecule has 11 heteroatoms. The smallest absolute Gasteiger partial charge is 0.350 e. The summed E-state index contributed by atoms with van der Waals surface area (Å²) in [5, 5.41) is 3.52. The van der Waals surface area contributed by atoms with E-state index in [1.165, 1.54) is 21.7 Å². The first kappa shape index (κ1) is 20.6. The molecule has 0 unspecified atom stereocenters. The molecule has 4 heterocycles. The van der Waals surface area contributed by atoms with E-state index in [0.29, 0.717) is 30.4 Å². The van der Waals surface area contributed by atoms with Gasteiger partial charge in [-0.05, 0) is 29.8 Å². The first-order valence-corrected chi connectivity index (χ1v) is 13.1. The fraction of sp³-hybridized carbons (Fsp3) is 0.333. The molecule has 0 aromatic carbocycles. The van der Waals surface area contributed by atoms with Crippen molar-refractivity contribution in [2.24, 2.45) is 0 Å². The fourth-order valence-corrected chi connectivity index (χ4v) is 7.35. The fourth-order valence-electron chi connectivity index (χ4n) is 2.84. The SMILES string of the molecule is Cc1oc(-c2cccs2)nc1COC(=O)c1sccc1S(=O)(=O)N1CCSCC1. The molecule has 1 aliphatic rings. The lowest BCUT2D eigenvalue weighted by molar-refractivity contribution is 0.0468. The van der Waals surface area contributed by atoms with Gasteiger partial charge < -0.3 is 9.15 Å². The van der Waals surface area contributed by atoms with E-state index >= 15 is 0 Å². The number of carbonyl (C=O) groups is 1. The zero-order chi connectivity index (χ0) is 20.4. The number of thiophene rings is 2. The number of ether oxygens (including phenoxy) is 1. The van der Waals surface area contributed by atoms with Crippen LogP contribution < -0.4 is 0 Å². The summed E-state index contributed by atoms with van der Waals surface area (Å²) in [7, 11) is -3.71. The summed E-state index contributed by atoms with van der Waals surface area (Å²) in [5.41, 5.74) is 0.510. The van der Waals surface area contributed by atoms with Crippen LogP contribution >= 0.6 is 34.4 Å². The third-order valence-corrected chi connectivity index (χ3v) is 9.13. The van der Waals surface area contributed by atoms with Crippen molar-refractivity contribution in [1.29, 1.82) is 0 Å². The predicted octanol–water partition coefficient (Wildman–Crippen LogP) is 3.87. The second-order valence-corrected chi connectivity index (χ2v) is 11.2. The van der Waals surface area contributed by atoms with E-state index in [1.807, 2.05) is 17.5 Å². The van der Waals surface area contributed by atoms with Gasteiger partial charge in [0.1, 0.15) is 27.8 Å². The second kappa shape index (κ2) is 8.60. The van der Waals surface area contributed by atoms with E-state index in [4.69, 9.17) is 9.15 Å². The maximum Gasteiger partial charge on any atom is 0.350 e. The summed E-state index contributed by atoms with van der Waals surface area (Å²) < 4.78 is 38.3. The molecule has 0 amide bonds. The average Bonchev–Trinajstić information content (AvgIpc) is 3.47. The minimum absolute atomic E-state index is 0.00977. The number of rotatable bonds is 6. The van der Waals surface area contributed by atoms with Crippen LogP contribution in [-0.2, 0) is 21.4 Å². The van der Waals surface area contributed by atoms with E-state index in [9.17, 15) is 13.2 Å². The summed E-state index contributed by atoms with van der Waals surface area (Å²) in [5.74, 6) is 1.87. The monoisotopic (exact) mass is 470 g/mol. The van der Waals surface area contributed by atoms with Gasteiger partial charge in [0.05, 0.1) is 4.88 Å². The topological polar surface area (TPSA) is 89.7 Å². The molecule has 1 saturated heterocycles. The maximum atomic E-state index is 12.9. The van der Waals surface area contributed by atoms with Crippen molar-refractivity contribution in [1.82, 2.24) is 9.29 Å². The van der Waals surface area contributed by atoms with Gasteiger partial charge in [-0.15, -0.1) is 22.7 Å². The maximum absolute atomic E-state index is 12.9. The Bertz CT molecular complexity index is 1100. The molecule has 29 heavy (non-hydrogen) atoms. The van der Waals surface area contributed by atoms with E-state index in [-0.39, 0.29) is 16.4 Å². The third kappa shape index (κ3) is 4.29. The zero-order valence-electron chi connectivity index (χ0n) is 15.5. The zero-order valence-corrected chi connectivity index (χ0v) is 18.8. The standard InChI is InChI=1S/C18H18N2O5S4/c1-12-13(19-17(25-12)14-3-2-7-27-14)11-24-18(21)16-15(4-8-28-16)29(22,23)20-5-9-26-10-6-20/h2-4,7-8H,5-6,9-11H2,1H3. The van der Waals surface area contributed by atoms with Crippen LogP contribution in [0.25, 0.3) is 10.8 Å². The molecule has 4 rings (SSSR count). The highest BCUT2D eigenvalue weighted by atomic mass is 32.2. The van der Waals surface area contributed by atoms with Gasteiger partial charge in [-0.2, -0.15) is 16.1 Å². The van der Waals surface area contributed by atoms with Crippen LogP contribution in [0.4, 0.5) is 0 Å². The van der Waals surface area contributed by atoms with Crippen LogP contribution in [0.1, 0.15) is 21.1 Å². The minimum Gasteiger partial charge on any atom is -0.455 e. The van der Waals surface area contributed by atoms with Crippen LogP contribution in [0.15, 0.2) is 38.3 Å². The molecule has 0 bridgehead atoms. The molecule has 7 nitrogen and oxygen atoms in total. The molecule has 0 N–H and O–H groups in total. The highest BCUT2D eigenvalue weighted by Gasteiger charge is 2.31. The summed E-state index contributed by atoms with van der Waals surface area (Å²) in [6.07, 6.45) is 0. The first-order chi connectivity index (χ1) is 14.0. The molecular formula is C18H18N2O5S4. The quantitative estimate of drug-likeness (QED) is 0.505. The van der Waals surface area contributed by atoms with Gasteiger partial charge in [0.15, 0.2) is 0 Å². The first-order valence-electron chi connectivity index (χ1n) is 8.79. The van der Waals surface area contributed by atoms with Gasteiger partial charge in [-0.3, -0.25) is 0 Å². The summed E-state index contributed by atoms with van der Waals surface area (Å²) in [6, 6.07) is 5.27. The van der Waals surface area contributed by atoms with Crippen molar-refractivity contribution in [2.45, 2.75) is 18.4 Å². The number of esters is 1. The summed E-state index contributed by atoms with van der Waals surface area (Å²) >= 11 is 4.29. The number of hydrogen-bond donors (Lipinski definition) is 0. The number of carbonyl (C=O) groups excluding carboxylic acids is 1. The number of aryl methyl sites for hydroxylation is 1. The van der Waals surface area contributed by atoms with Crippen LogP contribution in [-0.4, -0.2) is 48.3 Å². The van der Waals surface area contributed by atoms with Crippen molar-refractivity contribution in [3.05, 3.63) is 45.3 Å². The highest BCUT2D eigenvalue weighted by molar-refractivity contribution is 7.99. The van der Waals surface area contributed by atoms with E-state index in [2.05, 4.69) is 4.98 Å². The molecule has 0 saturated carbocycles. The van der Waals surface area contributed by atoms with Crippen molar-refractivity contribution < 1.29 is 22.4 Å². The molecule has 1 fully saturated rings. The average molecular weight is 471 g/mol. The lowest BCUT2D eigenvalue weighted by Crippen LogP contribution is -2.38. The number of hydrogen-bond acceptors (Lipinski definition) is 9. The molecule has 1 aliphatic heterocycles. The van der Waals surface area contributed by atoms with Gasteiger partial charge in [0, 0.05) is 24.6 Å². The third-order valence-electron chi connectivity index (χ3n) is 4.37. The Morgan fingerprint density at radius 2 is 2.03 bits per heavy atom. The van der Waals surface area contributed by atoms with Crippen LogP contribution in [0, 0.1) is 6.92 Å². The Balaban J connectivity index is 1.48. The Morgan fingerprint density at radius 3 is 2.76 bits per heavy atom. The molecule has 0 atom stereocenters. The Kier molecular flexibility index (Phi) is 6.11. The van der Waals surface area contributed by atoms with Crippen molar-refractivity contribution in [3.8, 4) is 10.8 Å². The Labute approximate surface area is 180 Å². The van der Waals surface area contributed by atoms with Crippen LogP contribution in [0.2, 0.25) is 0 Å². The lowest BCUT2D eigenvalue weighted by atomic mass is 10.4. The van der Waals surface area contributed by atoms with Crippen molar-refractivity contribution in [3.63, 3.8) is 0 Å². The number of oxazole rings is 1. The lowest BCUT2D eigenvalue weighted by Gasteiger charge is -2.25. The van der Waals surface area contributed by atoms with Crippen molar-refractivity contribution in [2.75, 3.05) is 24.6 Å². The largest absolute Gasteiger partial charge is 0.455 e. The number of aromatic nitrogens is 1. The number of sulfonamides is 1. The van der Waals surface area contributed by atoms with Gasteiger partial charge in [-0.1, -0.05) is 6.07 Å². The number of nitrogens with zero attached hydrogens (tertiary/aromatic N) is 2. The molecule has 3 aromatic heterocycles. The molecule has 0 spiro atoms. The van der Waals surface area contributed by atoms with Crippen LogP contribution in [0.3, 0.4) is 0 Å². The van der Waals surface area contributed by atoms with Crippen molar-refractivity contribution >= 4 is 50.4 Å². The molecular weight excluding hydrogens is 452 g/mol. The van der Waals surface area contributed by atoms with E-state index in [0.717, 1.165) is 27.7 Å². The Morgan fingerprint density at radius 1 is 1.24 bits per heavy atom. The van der Waals surface area contributed by atoms with E-state index < -0.39 is 16.0 Å². The highest BCUT2D eigenvalue weighted by Crippen LogP contribution is 2.29. The summed E-state index contributed by atoms with van der Waals surface area (Å²) in [4.78, 5) is 18.0. The van der Waals surface area contributed by atoms with Gasteiger partial charge in [0.25, 0.3) is 0 Å². The Hall–Kier alpha value is -1.66. The van der Waals surface area contributed by atoms with Crippen LogP contribution in [0.5, 0.6) is 0 Å². The van der Waals surface area contributed by atoms with E-state index in [1.54, 1.807) is 24.1 Å². The van der Waals surface area contributed by atoms with Gasteiger partial charge >= 0.3 is 5.97 Å². The molecule has 0 aliphatic carbocycles. The number of thioether (sulfide) groups is 1. The molecule has 0 radical (unpaired) electrons. The molecule has 154 valence electrons. The second-order valence-electron chi connectivity index (χ2n) is 6.21. The normalized spacial score (nSPS) is 15.5. The van der Waals surface area contributed by atoms with Gasteiger partial charge in [-0.25, -0.2) is 18.2 Å².